The third kappa shape index (κ3) is 2.05. The molecule has 1 aliphatic heterocycles. The SMILES string of the molecule is NCCN1CCC[C@@H]2CCCC[C@H]21. The highest BCUT2D eigenvalue weighted by Crippen LogP contribution is 2.34. The Morgan fingerprint density at radius 1 is 1.08 bits per heavy atom. The predicted molar refractivity (Wildman–Crippen MR) is 55.6 cm³/mol. The second-order valence-electron chi connectivity index (χ2n) is 4.58. The predicted octanol–water partition coefficient (Wildman–Crippen LogP) is 1.60. The number of fused-ring (bicyclic) bond motifs is 1. The average molecular weight is 182 g/mol. The summed E-state index contributed by atoms with van der Waals surface area (Å²) in [6.07, 6.45) is 8.71. The van der Waals surface area contributed by atoms with E-state index in [4.69, 9.17) is 5.73 Å². The molecule has 0 aromatic rings. The summed E-state index contributed by atoms with van der Waals surface area (Å²) in [5.41, 5.74) is 5.64. The second-order valence-corrected chi connectivity index (χ2v) is 4.58. The minimum atomic E-state index is 0.837. The van der Waals surface area contributed by atoms with Crippen LogP contribution in [0.2, 0.25) is 0 Å². The Balaban J connectivity index is 1.94. The van der Waals surface area contributed by atoms with E-state index in [-0.39, 0.29) is 0 Å². The summed E-state index contributed by atoms with van der Waals surface area (Å²) in [5.74, 6) is 1.01. The zero-order valence-electron chi connectivity index (χ0n) is 8.54. The molecule has 0 amide bonds. The third-order valence-corrected chi connectivity index (χ3v) is 3.77. The van der Waals surface area contributed by atoms with E-state index in [0.717, 1.165) is 25.0 Å². The van der Waals surface area contributed by atoms with E-state index < -0.39 is 0 Å². The lowest BCUT2D eigenvalue weighted by atomic mass is 9.78. The molecule has 76 valence electrons. The van der Waals surface area contributed by atoms with Gasteiger partial charge in [0.2, 0.25) is 0 Å². The van der Waals surface area contributed by atoms with Crippen LogP contribution in [0, 0.1) is 5.92 Å². The van der Waals surface area contributed by atoms with Crippen LogP contribution >= 0.6 is 0 Å². The molecule has 13 heavy (non-hydrogen) atoms. The maximum atomic E-state index is 5.64. The number of likely N-dealkylation sites (tertiary alicyclic amines) is 1. The van der Waals surface area contributed by atoms with Crippen molar-refractivity contribution in [3.63, 3.8) is 0 Å². The maximum absolute atomic E-state index is 5.64. The minimum absolute atomic E-state index is 0.837. The van der Waals surface area contributed by atoms with Gasteiger partial charge in [-0.25, -0.2) is 0 Å². The Hall–Kier alpha value is -0.0800. The lowest BCUT2D eigenvalue weighted by Crippen LogP contribution is -2.48. The van der Waals surface area contributed by atoms with Crippen LogP contribution < -0.4 is 5.73 Å². The Morgan fingerprint density at radius 2 is 1.85 bits per heavy atom. The smallest absolute Gasteiger partial charge is 0.0124 e. The number of nitrogens with zero attached hydrogens (tertiary/aromatic N) is 1. The number of rotatable bonds is 2. The first-order valence-electron chi connectivity index (χ1n) is 5.86. The molecule has 2 nitrogen and oxygen atoms in total. The highest BCUT2D eigenvalue weighted by Gasteiger charge is 2.32. The molecular formula is C11H22N2. The van der Waals surface area contributed by atoms with Crippen molar-refractivity contribution in [3.8, 4) is 0 Å². The van der Waals surface area contributed by atoms with Crippen LogP contribution in [-0.2, 0) is 0 Å². The van der Waals surface area contributed by atoms with Gasteiger partial charge in [0.15, 0.2) is 0 Å². The molecule has 2 heteroatoms. The van der Waals surface area contributed by atoms with Gasteiger partial charge in [0.1, 0.15) is 0 Å². The number of nitrogens with two attached hydrogens (primary N) is 1. The van der Waals surface area contributed by atoms with Crippen LogP contribution in [0.1, 0.15) is 38.5 Å². The quantitative estimate of drug-likeness (QED) is 0.703. The molecule has 1 aliphatic carbocycles. The van der Waals surface area contributed by atoms with Crippen molar-refractivity contribution in [2.75, 3.05) is 19.6 Å². The van der Waals surface area contributed by atoms with Crippen molar-refractivity contribution in [2.45, 2.75) is 44.6 Å². The lowest BCUT2D eigenvalue weighted by Gasteiger charge is -2.44. The van der Waals surface area contributed by atoms with Crippen LogP contribution in [0.5, 0.6) is 0 Å². The van der Waals surface area contributed by atoms with Gasteiger partial charge in [0, 0.05) is 19.1 Å². The zero-order chi connectivity index (χ0) is 9.10. The van der Waals surface area contributed by atoms with Gasteiger partial charge in [-0.3, -0.25) is 4.90 Å². The fraction of sp³-hybridized carbons (Fsp3) is 1.00. The maximum Gasteiger partial charge on any atom is 0.0124 e. The van der Waals surface area contributed by atoms with E-state index in [1.165, 1.54) is 45.1 Å². The average Bonchev–Trinajstić information content (AvgIpc) is 2.19. The Bertz CT molecular complexity index is 154. The van der Waals surface area contributed by atoms with Crippen molar-refractivity contribution in [3.05, 3.63) is 0 Å². The van der Waals surface area contributed by atoms with Crippen molar-refractivity contribution in [1.82, 2.24) is 4.90 Å². The first kappa shape index (κ1) is 9.47. The van der Waals surface area contributed by atoms with Crippen LogP contribution in [0.15, 0.2) is 0 Å². The first-order chi connectivity index (χ1) is 6.42. The summed E-state index contributed by atoms with van der Waals surface area (Å²) < 4.78 is 0. The van der Waals surface area contributed by atoms with E-state index in [1.807, 2.05) is 0 Å². The molecule has 1 heterocycles. The Labute approximate surface area is 81.5 Å². The van der Waals surface area contributed by atoms with Gasteiger partial charge < -0.3 is 5.73 Å². The topological polar surface area (TPSA) is 29.3 Å². The Kier molecular flexibility index (Phi) is 3.23. The summed E-state index contributed by atoms with van der Waals surface area (Å²) in [6.45, 7) is 3.27. The fourth-order valence-corrected chi connectivity index (χ4v) is 3.17. The third-order valence-electron chi connectivity index (χ3n) is 3.77. The van der Waals surface area contributed by atoms with Gasteiger partial charge in [0.05, 0.1) is 0 Å². The van der Waals surface area contributed by atoms with Crippen molar-refractivity contribution < 1.29 is 0 Å². The van der Waals surface area contributed by atoms with Gasteiger partial charge >= 0.3 is 0 Å². The normalized spacial score (nSPS) is 35.8. The van der Waals surface area contributed by atoms with Gasteiger partial charge in [-0.05, 0) is 38.1 Å². The Morgan fingerprint density at radius 3 is 2.69 bits per heavy atom. The molecule has 2 fully saturated rings. The molecule has 2 rings (SSSR count). The highest BCUT2D eigenvalue weighted by molar-refractivity contribution is 4.87. The van der Waals surface area contributed by atoms with Gasteiger partial charge in [-0.2, -0.15) is 0 Å². The zero-order valence-corrected chi connectivity index (χ0v) is 8.54. The summed E-state index contributed by atoms with van der Waals surface area (Å²) in [4.78, 5) is 2.65. The number of hydrogen-bond acceptors (Lipinski definition) is 2. The molecule has 0 bridgehead atoms. The lowest BCUT2D eigenvalue weighted by molar-refractivity contribution is 0.0637. The van der Waals surface area contributed by atoms with E-state index in [2.05, 4.69) is 4.90 Å². The molecule has 2 atom stereocenters. The van der Waals surface area contributed by atoms with Crippen molar-refractivity contribution in [1.29, 1.82) is 0 Å². The summed E-state index contributed by atoms with van der Waals surface area (Å²) in [5, 5.41) is 0. The van der Waals surface area contributed by atoms with E-state index >= 15 is 0 Å². The number of piperidine rings is 1. The standard InChI is InChI=1S/C11H22N2/c12-7-9-13-8-3-5-10-4-1-2-6-11(10)13/h10-11H,1-9,12H2/t10-,11+/m0/s1. The van der Waals surface area contributed by atoms with Crippen LogP contribution in [0.4, 0.5) is 0 Å². The molecule has 0 spiro atoms. The van der Waals surface area contributed by atoms with E-state index in [0.29, 0.717) is 0 Å². The molecule has 0 aromatic carbocycles. The van der Waals surface area contributed by atoms with E-state index in [1.54, 1.807) is 0 Å². The van der Waals surface area contributed by atoms with E-state index in [9.17, 15) is 0 Å². The minimum Gasteiger partial charge on any atom is -0.329 e. The van der Waals surface area contributed by atoms with Crippen LogP contribution in [0.25, 0.3) is 0 Å². The summed E-state index contributed by atoms with van der Waals surface area (Å²) >= 11 is 0. The molecule has 1 saturated carbocycles. The number of hydrogen-bond donors (Lipinski definition) is 1. The molecular weight excluding hydrogens is 160 g/mol. The van der Waals surface area contributed by atoms with Gasteiger partial charge in [-0.15, -0.1) is 0 Å². The molecule has 0 unspecified atom stereocenters. The molecule has 2 aliphatic rings. The molecule has 0 aromatic heterocycles. The van der Waals surface area contributed by atoms with Crippen LogP contribution in [-0.4, -0.2) is 30.6 Å². The molecule has 0 radical (unpaired) electrons. The second kappa shape index (κ2) is 4.43. The summed E-state index contributed by atoms with van der Waals surface area (Å²) in [7, 11) is 0. The largest absolute Gasteiger partial charge is 0.329 e. The fourth-order valence-electron chi connectivity index (χ4n) is 3.17. The van der Waals surface area contributed by atoms with Crippen molar-refractivity contribution >= 4 is 0 Å². The molecule has 1 saturated heterocycles. The highest BCUT2D eigenvalue weighted by atomic mass is 15.2. The van der Waals surface area contributed by atoms with Gasteiger partial charge in [-0.1, -0.05) is 12.8 Å². The first-order valence-corrected chi connectivity index (χ1v) is 5.86. The van der Waals surface area contributed by atoms with Crippen LogP contribution in [0.3, 0.4) is 0 Å². The van der Waals surface area contributed by atoms with Crippen molar-refractivity contribution in [2.24, 2.45) is 11.7 Å². The van der Waals surface area contributed by atoms with Gasteiger partial charge in [0.25, 0.3) is 0 Å². The summed E-state index contributed by atoms with van der Waals surface area (Å²) in [6, 6.07) is 0.894. The molecule has 2 N–H and O–H groups in total. The monoisotopic (exact) mass is 182 g/mol.